The topological polar surface area (TPSA) is 110 Å². The molecule has 136 valence electrons. The first-order chi connectivity index (χ1) is 12.9. The first-order valence-electron chi connectivity index (χ1n) is 8.40. The van der Waals surface area contributed by atoms with Crippen LogP contribution in [-0.4, -0.2) is 20.7 Å². The Kier molecular flexibility index (Phi) is 3.88. The number of rotatable bonds is 3. The number of hydrogen-bond donors (Lipinski definition) is 2. The largest absolute Gasteiger partial charge is 0.417 e. The van der Waals surface area contributed by atoms with Gasteiger partial charge in [-0.3, -0.25) is 14.6 Å². The van der Waals surface area contributed by atoms with Crippen LogP contribution in [0, 0.1) is 0 Å². The number of carbonyl (C=O) groups excluding carboxylic acids is 1. The zero-order valence-corrected chi connectivity index (χ0v) is 14.6. The second-order valence-corrected chi connectivity index (χ2v) is 6.42. The molecule has 0 atom stereocenters. The summed E-state index contributed by atoms with van der Waals surface area (Å²) in [7, 11) is 0. The Labute approximate surface area is 152 Å². The van der Waals surface area contributed by atoms with E-state index in [2.05, 4.69) is 15.4 Å². The van der Waals surface area contributed by atoms with Gasteiger partial charge in [0.15, 0.2) is 11.3 Å². The molecular formula is C19H16N4O4. The number of benzene rings is 2. The Balaban J connectivity index is 1.80. The predicted molar refractivity (Wildman–Crippen MR) is 101 cm³/mol. The molecule has 0 spiro atoms. The highest BCUT2D eigenvalue weighted by Gasteiger charge is 2.18. The fraction of sp³-hybridized carbons (Fsp3) is 0.158. The molecular weight excluding hydrogens is 348 g/mol. The quantitative estimate of drug-likeness (QED) is 0.581. The molecule has 0 aliphatic carbocycles. The van der Waals surface area contributed by atoms with Gasteiger partial charge < -0.3 is 9.73 Å². The fourth-order valence-electron chi connectivity index (χ4n) is 2.94. The van der Waals surface area contributed by atoms with Crippen molar-refractivity contribution in [2.45, 2.75) is 19.9 Å². The molecule has 0 aliphatic rings. The van der Waals surface area contributed by atoms with Crippen LogP contribution in [0.25, 0.3) is 21.9 Å². The van der Waals surface area contributed by atoms with Crippen LogP contribution in [0.15, 0.2) is 56.5 Å². The molecule has 4 aromatic rings. The second-order valence-electron chi connectivity index (χ2n) is 6.42. The van der Waals surface area contributed by atoms with Crippen LogP contribution in [0.5, 0.6) is 0 Å². The van der Waals surface area contributed by atoms with Gasteiger partial charge in [-0.15, -0.1) is 0 Å². The van der Waals surface area contributed by atoms with Gasteiger partial charge in [-0.2, -0.15) is 5.10 Å². The molecule has 0 bridgehead atoms. The molecule has 8 nitrogen and oxygen atoms in total. The number of aromatic amines is 1. The summed E-state index contributed by atoms with van der Waals surface area (Å²) in [6.07, 6.45) is 0. The summed E-state index contributed by atoms with van der Waals surface area (Å²) in [6.45, 7) is 3.65. The second kappa shape index (κ2) is 6.24. The molecule has 0 radical (unpaired) electrons. The maximum Gasteiger partial charge on any atom is 0.417 e. The smallest absolute Gasteiger partial charge is 0.408 e. The van der Waals surface area contributed by atoms with Gasteiger partial charge in [-0.25, -0.2) is 9.48 Å². The summed E-state index contributed by atoms with van der Waals surface area (Å²) >= 11 is 0. The average Bonchev–Trinajstić information content (AvgIpc) is 3.01. The van der Waals surface area contributed by atoms with Crippen molar-refractivity contribution in [3.05, 3.63) is 69.1 Å². The van der Waals surface area contributed by atoms with Gasteiger partial charge in [-0.1, -0.05) is 18.2 Å². The molecule has 4 rings (SSSR count). The number of aromatic nitrogens is 3. The molecule has 0 saturated carbocycles. The molecule has 2 aromatic carbocycles. The number of carbonyl (C=O) groups is 1. The Morgan fingerprint density at radius 2 is 1.89 bits per heavy atom. The number of nitrogens with one attached hydrogen (secondary N) is 2. The summed E-state index contributed by atoms with van der Waals surface area (Å²) in [6, 6.07) is 11.5. The van der Waals surface area contributed by atoms with Gasteiger partial charge in [0.1, 0.15) is 0 Å². The van der Waals surface area contributed by atoms with Gasteiger partial charge >= 0.3 is 5.76 Å². The molecule has 0 aliphatic heterocycles. The standard InChI is InChI=1S/C19H16N4O4/c1-10(2)23-18(25)13-6-4-3-5-12(13)16(22-23)17(24)20-11-7-8-15-14(9-11)21-19(26)27-15/h3-10H,1-2H3,(H,20,24)(H,21,26). The number of nitrogens with zero attached hydrogens (tertiary/aromatic N) is 2. The van der Waals surface area contributed by atoms with Crippen LogP contribution in [-0.2, 0) is 0 Å². The predicted octanol–water partition coefficient (Wildman–Crippen LogP) is 2.66. The van der Waals surface area contributed by atoms with Crippen molar-refractivity contribution < 1.29 is 9.21 Å². The lowest BCUT2D eigenvalue weighted by atomic mass is 10.1. The van der Waals surface area contributed by atoms with E-state index in [1.165, 1.54) is 4.68 Å². The third kappa shape index (κ3) is 2.91. The molecule has 0 fully saturated rings. The Morgan fingerprint density at radius 1 is 1.15 bits per heavy atom. The van der Waals surface area contributed by atoms with Crippen molar-refractivity contribution in [3.63, 3.8) is 0 Å². The maximum absolute atomic E-state index is 12.9. The van der Waals surface area contributed by atoms with Gasteiger partial charge in [0, 0.05) is 11.1 Å². The van der Waals surface area contributed by atoms with Crippen molar-refractivity contribution in [2.24, 2.45) is 0 Å². The van der Waals surface area contributed by atoms with E-state index in [-0.39, 0.29) is 17.3 Å². The SMILES string of the molecule is CC(C)n1nc(C(=O)Nc2ccc3oc(=O)[nH]c3c2)c2ccccc2c1=O. The van der Waals surface area contributed by atoms with E-state index in [1.54, 1.807) is 42.5 Å². The summed E-state index contributed by atoms with van der Waals surface area (Å²) in [5, 5.41) is 7.95. The van der Waals surface area contributed by atoms with Crippen molar-refractivity contribution in [1.82, 2.24) is 14.8 Å². The first kappa shape index (κ1) is 16.8. The van der Waals surface area contributed by atoms with E-state index >= 15 is 0 Å². The van der Waals surface area contributed by atoms with E-state index < -0.39 is 11.7 Å². The van der Waals surface area contributed by atoms with E-state index in [1.807, 2.05) is 13.8 Å². The maximum atomic E-state index is 12.9. The van der Waals surface area contributed by atoms with Crippen molar-refractivity contribution in [2.75, 3.05) is 5.32 Å². The number of H-pyrrole nitrogens is 1. The normalized spacial score (nSPS) is 11.4. The number of oxazole rings is 1. The average molecular weight is 364 g/mol. The van der Waals surface area contributed by atoms with Gasteiger partial charge in [0.25, 0.3) is 11.5 Å². The van der Waals surface area contributed by atoms with Crippen LogP contribution in [0.4, 0.5) is 5.69 Å². The summed E-state index contributed by atoms with van der Waals surface area (Å²) in [5.41, 5.74) is 1.25. The van der Waals surface area contributed by atoms with Gasteiger partial charge in [0.05, 0.1) is 16.9 Å². The molecule has 0 saturated heterocycles. The lowest BCUT2D eigenvalue weighted by Gasteiger charge is -2.13. The summed E-state index contributed by atoms with van der Waals surface area (Å²) in [4.78, 5) is 39.3. The van der Waals surface area contributed by atoms with E-state index in [4.69, 9.17) is 4.42 Å². The fourth-order valence-corrected chi connectivity index (χ4v) is 2.94. The third-order valence-electron chi connectivity index (χ3n) is 4.21. The van der Waals surface area contributed by atoms with Gasteiger partial charge in [0.2, 0.25) is 0 Å². The van der Waals surface area contributed by atoms with Crippen LogP contribution in [0.2, 0.25) is 0 Å². The number of fused-ring (bicyclic) bond motifs is 2. The third-order valence-corrected chi connectivity index (χ3v) is 4.21. The number of amides is 1. The molecule has 2 N–H and O–H groups in total. The van der Waals surface area contributed by atoms with Crippen molar-refractivity contribution in [3.8, 4) is 0 Å². The summed E-state index contributed by atoms with van der Waals surface area (Å²) in [5.74, 6) is -1.02. The van der Waals surface area contributed by atoms with E-state index in [0.717, 1.165) is 0 Å². The van der Waals surface area contributed by atoms with Crippen LogP contribution < -0.4 is 16.6 Å². The zero-order chi connectivity index (χ0) is 19.1. The van der Waals surface area contributed by atoms with E-state index in [9.17, 15) is 14.4 Å². The monoisotopic (exact) mass is 364 g/mol. The zero-order valence-electron chi connectivity index (χ0n) is 14.6. The van der Waals surface area contributed by atoms with Crippen LogP contribution >= 0.6 is 0 Å². The molecule has 8 heteroatoms. The molecule has 2 aromatic heterocycles. The molecule has 2 heterocycles. The molecule has 0 unspecified atom stereocenters. The molecule has 27 heavy (non-hydrogen) atoms. The van der Waals surface area contributed by atoms with E-state index in [0.29, 0.717) is 27.6 Å². The Bertz CT molecular complexity index is 1300. The highest BCUT2D eigenvalue weighted by Crippen LogP contribution is 2.19. The minimum absolute atomic E-state index is 0.152. The highest BCUT2D eigenvalue weighted by atomic mass is 16.4. The first-order valence-corrected chi connectivity index (χ1v) is 8.40. The summed E-state index contributed by atoms with van der Waals surface area (Å²) < 4.78 is 6.25. The Hall–Kier alpha value is -3.68. The highest BCUT2D eigenvalue weighted by molar-refractivity contribution is 6.11. The lowest BCUT2D eigenvalue weighted by molar-refractivity contribution is 0.102. The van der Waals surface area contributed by atoms with Crippen LogP contribution in [0.1, 0.15) is 30.4 Å². The van der Waals surface area contributed by atoms with Crippen molar-refractivity contribution >= 4 is 33.5 Å². The lowest BCUT2D eigenvalue weighted by Crippen LogP contribution is -2.28. The minimum atomic E-state index is -0.565. The molecule has 1 amide bonds. The van der Waals surface area contributed by atoms with Crippen molar-refractivity contribution in [1.29, 1.82) is 0 Å². The van der Waals surface area contributed by atoms with Crippen LogP contribution in [0.3, 0.4) is 0 Å². The minimum Gasteiger partial charge on any atom is -0.408 e. The number of anilines is 1. The Morgan fingerprint density at radius 3 is 2.63 bits per heavy atom. The number of hydrogen-bond acceptors (Lipinski definition) is 5. The van der Waals surface area contributed by atoms with Gasteiger partial charge in [-0.05, 0) is 38.1 Å².